The van der Waals surface area contributed by atoms with E-state index in [1.54, 1.807) is 0 Å². The van der Waals surface area contributed by atoms with Crippen molar-refractivity contribution < 1.29 is 9.53 Å². The Morgan fingerprint density at radius 1 is 0.759 bits per heavy atom. The van der Waals surface area contributed by atoms with E-state index in [2.05, 4.69) is 81.4 Å². The van der Waals surface area contributed by atoms with Gasteiger partial charge in [-0.05, 0) is 33.8 Å². The van der Waals surface area contributed by atoms with Crippen molar-refractivity contribution in [3.8, 4) is 0 Å². The highest BCUT2D eigenvalue weighted by molar-refractivity contribution is 6.99. The molecule has 0 radical (unpaired) electrons. The second-order valence-electron chi connectivity index (χ2n) is 8.65. The summed E-state index contributed by atoms with van der Waals surface area (Å²) < 4.78 is 6.81. The average Bonchev–Trinajstić information content (AvgIpc) is 2.74. The van der Waals surface area contributed by atoms with E-state index in [4.69, 9.17) is 4.43 Å². The number of aliphatic hydroxyl groups excluding tert-OH is 1. The van der Waals surface area contributed by atoms with Gasteiger partial charge in [-0.25, -0.2) is 0 Å². The molecule has 0 aliphatic carbocycles. The van der Waals surface area contributed by atoms with Gasteiger partial charge in [0.2, 0.25) is 0 Å². The normalized spacial score (nSPS) is 13.2. The third kappa shape index (κ3) is 5.05. The third-order valence-electron chi connectivity index (χ3n) is 5.52. The molecule has 0 aliphatic rings. The van der Waals surface area contributed by atoms with E-state index in [0.717, 1.165) is 6.42 Å². The minimum atomic E-state index is -2.58. The van der Waals surface area contributed by atoms with Gasteiger partial charge in [-0.1, -0.05) is 112 Å². The minimum absolute atomic E-state index is 0.0745. The van der Waals surface area contributed by atoms with E-state index in [-0.39, 0.29) is 5.04 Å². The highest BCUT2D eigenvalue weighted by Crippen LogP contribution is 2.36. The molecule has 3 aromatic rings. The van der Waals surface area contributed by atoms with E-state index in [1.807, 2.05) is 30.3 Å². The van der Waals surface area contributed by atoms with Gasteiger partial charge in [0.05, 0.1) is 12.7 Å². The van der Waals surface area contributed by atoms with Gasteiger partial charge in [0.15, 0.2) is 0 Å². The van der Waals surface area contributed by atoms with E-state index < -0.39 is 14.4 Å². The zero-order valence-electron chi connectivity index (χ0n) is 17.7. The third-order valence-corrected chi connectivity index (χ3v) is 10.5. The minimum Gasteiger partial charge on any atom is -0.405 e. The zero-order chi connectivity index (χ0) is 20.7. The first-order valence-corrected chi connectivity index (χ1v) is 12.3. The summed E-state index contributed by atoms with van der Waals surface area (Å²) in [6.45, 7) is 7.13. The molecule has 0 unspecified atom stereocenters. The molecule has 0 fully saturated rings. The highest BCUT2D eigenvalue weighted by Gasteiger charge is 2.50. The van der Waals surface area contributed by atoms with Crippen LogP contribution in [0.3, 0.4) is 0 Å². The number of benzene rings is 3. The van der Waals surface area contributed by atoms with Crippen LogP contribution in [0.1, 0.15) is 32.8 Å². The number of hydrogen-bond donors (Lipinski definition) is 1. The Bertz CT molecular complexity index is 818. The molecule has 0 amide bonds. The van der Waals surface area contributed by atoms with Crippen molar-refractivity contribution >= 4 is 18.7 Å². The molecule has 0 spiro atoms. The lowest BCUT2D eigenvalue weighted by atomic mass is 10.1. The molecule has 2 nitrogen and oxygen atoms in total. The number of hydrogen-bond acceptors (Lipinski definition) is 2. The smallest absolute Gasteiger partial charge is 0.261 e. The standard InChI is InChI=1S/C26H32O2Si/c1-26(2,3)29(24-15-9-5-10-16-24,25-17-11-6-12-18-25)28-21-23(27)20-19-22-13-7-4-8-14-22/h4-18,23,27H,19-21H2,1-3H3/t23-/m0/s1. The van der Waals surface area contributed by atoms with Crippen LogP contribution in [0.4, 0.5) is 0 Å². The van der Waals surface area contributed by atoms with Crippen LogP contribution in [0.5, 0.6) is 0 Å². The number of aryl methyl sites for hydroxylation is 1. The number of aliphatic hydroxyl groups is 1. The molecule has 0 saturated carbocycles. The summed E-state index contributed by atoms with van der Waals surface area (Å²) in [6, 6.07) is 31.5. The van der Waals surface area contributed by atoms with Gasteiger partial charge in [-0.2, -0.15) is 0 Å². The first-order valence-electron chi connectivity index (χ1n) is 10.4. The molecule has 29 heavy (non-hydrogen) atoms. The molecular formula is C26H32O2Si. The Morgan fingerprint density at radius 3 is 1.66 bits per heavy atom. The molecule has 0 heterocycles. The molecular weight excluding hydrogens is 372 g/mol. The molecule has 3 rings (SSSR count). The lowest BCUT2D eigenvalue weighted by molar-refractivity contribution is 0.0954. The van der Waals surface area contributed by atoms with Gasteiger partial charge in [0, 0.05) is 0 Å². The molecule has 0 saturated heterocycles. The molecule has 3 aromatic carbocycles. The van der Waals surface area contributed by atoms with Crippen LogP contribution in [0.25, 0.3) is 0 Å². The zero-order valence-corrected chi connectivity index (χ0v) is 18.7. The van der Waals surface area contributed by atoms with Crippen molar-refractivity contribution in [2.24, 2.45) is 0 Å². The van der Waals surface area contributed by atoms with E-state index >= 15 is 0 Å². The van der Waals surface area contributed by atoms with E-state index in [1.165, 1.54) is 15.9 Å². The Balaban J connectivity index is 1.85. The molecule has 0 aromatic heterocycles. The topological polar surface area (TPSA) is 29.5 Å². The molecule has 0 aliphatic heterocycles. The van der Waals surface area contributed by atoms with Gasteiger partial charge in [0.1, 0.15) is 0 Å². The van der Waals surface area contributed by atoms with Crippen LogP contribution >= 0.6 is 0 Å². The Hall–Kier alpha value is -2.20. The summed E-state index contributed by atoms with van der Waals surface area (Å²) in [5.41, 5.74) is 1.25. The predicted octanol–water partition coefficient (Wildman–Crippen LogP) is 4.56. The Morgan fingerprint density at radius 2 is 1.21 bits per heavy atom. The van der Waals surface area contributed by atoms with Crippen LogP contribution in [-0.2, 0) is 10.8 Å². The maximum absolute atomic E-state index is 10.7. The Kier molecular flexibility index (Phi) is 7.07. The van der Waals surface area contributed by atoms with Crippen molar-refractivity contribution in [1.82, 2.24) is 0 Å². The van der Waals surface area contributed by atoms with Crippen molar-refractivity contribution in [2.45, 2.75) is 44.8 Å². The fourth-order valence-electron chi connectivity index (χ4n) is 4.04. The summed E-state index contributed by atoms with van der Waals surface area (Å²) in [5.74, 6) is 0. The fraction of sp³-hybridized carbons (Fsp3) is 0.308. The van der Waals surface area contributed by atoms with Gasteiger partial charge in [0.25, 0.3) is 8.32 Å². The van der Waals surface area contributed by atoms with Crippen LogP contribution in [0.15, 0.2) is 91.0 Å². The van der Waals surface area contributed by atoms with Gasteiger partial charge < -0.3 is 9.53 Å². The van der Waals surface area contributed by atoms with Crippen LogP contribution in [0.2, 0.25) is 5.04 Å². The summed E-state index contributed by atoms with van der Waals surface area (Å²) >= 11 is 0. The Labute approximate surface area is 176 Å². The van der Waals surface area contributed by atoms with E-state index in [9.17, 15) is 5.11 Å². The molecule has 1 atom stereocenters. The van der Waals surface area contributed by atoms with Gasteiger partial charge >= 0.3 is 0 Å². The van der Waals surface area contributed by atoms with E-state index in [0.29, 0.717) is 13.0 Å². The summed E-state index contributed by atoms with van der Waals surface area (Å²) in [6.07, 6.45) is 1.06. The second kappa shape index (κ2) is 9.53. The maximum Gasteiger partial charge on any atom is 0.261 e. The monoisotopic (exact) mass is 404 g/mol. The summed E-state index contributed by atoms with van der Waals surface area (Å²) in [5, 5.41) is 13.1. The van der Waals surface area contributed by atoms with Crippen molar-refractivity contribution in [1.29, 1.82) is 0 Å². The highest BCUT2D eigenvalue weighted by atomic mass is 28.4. The predicted molar refractivity (Wildman–Crippen MR) is 124 cm³/mol. The molecule has 0 bridgehead atoms. The maximum atomic E-state index is 10.7. The fourth-order valence-corrected chi connectivity index (χ4v) is 8.64. The van der Waals surface area contributed by atoms with Gasteiger partial charge in [-0.15, -0.1) is 0 Å². The molecule has 3 heteroatoms. The lowest BCUT2D eigenvalue weighted by Crippen LogP contribution is -2.67. The molecule has 1 N–H and O–H groups in total. The van der Waals surface area contributed by atoms with Gasteiger partial charge in [-0.3, -0.25) is 0 Å². The van der Waals surface area contributed by atoms with Crippen LogP contribution in [-0.4, -0.2) is 26.1 Å². The molecule has 152 valence electrons. The summed E-state index contributed by atoms with van der Waals surface area (Å²) in [7, 11) is -2.58. The van der Waals surface area contributed by atoms with Crippen molar-refractivity contribution in [3.05, 3.63) is 96.6 Å². The lowest BCUT2D eigenvalue weighted by Gasteiger charge is -2.43. The largest absolute Gasteiger partial charge is 0.405 e. The first kappa shape index (κ1) is 21.5. The SMILES string of the molecule is CC(C)(C)[Si](OC[C@@H](O)CCc1ccccc1)(c1ccccc1)c1ccccc1. The van der Waals surface area contributed by atoms with Crippen LogP contribution in [0, 0.1) is 0 Å². The number of rotatable bonds is 8. The summed E-state index contributed by atoms with van der Waals surface area (Å²) in [4.78, 5) is 0. The quantitative estimate of drug-likeness (QED) is 0.558. The van der Waals surface area contributed by atoms with Crippen molar-refractivity contribution in [2.75, 3.05) is 6.61 Å². The average molecular weight is 405 g/mol. The van der Waals surface area contributed by atoms with Crippen molar-refractivity contribution in [3.63, 3.8) is 0 Å². The second-order valence-corrected chi connectivity index (χ2v) is 13.0. The van der Waals surface area contributed by atoms with Crippen LogP contribution < -0.4 is 10.4 Å². The first-order chi connectivity index (χ1) is 13.9.